The normalized spacial score (nSPS) is 45.5. The van der Waals surface area contributed by atoms with Gasteiger partial charge in [0.05, 0.1) is 10.3 Å². The van der Waals surface area contributed by atoms with E-state index in [0.29, 0.717) is 0 Å². The molecule has 8 heavy (non-hydrogen) atoms. The van der Waals surface area contributed by atoms with E-state index in [-0.39, 0.29) is 10.3 Å². The van der Waals surface area contributed by atoms with E-state index in [1.54, 1.807) is 0 Å². The Morgan fingerprint density at radius 2 is 2.25 bits per heavy atom. The summed E-state index contributed by atoms with van der Waals surface area (Å²) >= 11 is 11.6. The fourth-order valence-corrected chi connectivity index (χ4v) is 1.41. The lowest BCUT2D eigenvalue weighted by atomic mass is 9.88. The van der Waals surface area contributed by atoms with Crippen LogP contribution >= 0.6 is 23.2 Å². The molecular weight excluding hydrogens is 143 g/mol. The number of hydrogen-bond acceptors (Lipinski definition) is 0. The van der Waals surface area contributed by atoms with E-state index in [2.05, 4.69) is 0 Å². The summed E-state index contributed by atoms with van der Waals surface area (Å²) in [6.45, 7) is 3.90. The lowest BCUT2D eigenvalue weighted by Gasteiger charge is -2.34. The van der Waals surface area contributed by atoms with Crippen LogP contribution in [0.15, 0.2) is 11.6 Å². The summed E-state index contributed by atoms with van der Waals surface area (Å²) < 4.78 is 0. The number of rotatable bonds is 0. The highest BCUT2D eigenvalue weighted by molar-refractivity contribution is 6.36. The fourth-order valence-electron chi connectivity index (χ4n) is 0.940. The zero-order valence-corrected chi connectivity index (χ0v) is 6.42. The lowest BCUT2D eigenvalue weighted by Crippen LogP contribution is -2.36. The molecule has 0 amide bonds. The topological polar surface area (TPSA) is 0 Å². The minimum Gasteiger partial charge on any atom is -0.116 e. The van der Waals surface area contributed by atoms with Gasteiger partial charge < -0.3 is 0 Å². The van der Waals surface area contributed by atoms with Gasteiger partial charge in [0.25, 0.3) is 0 Å². The molecule has 0 heterocycles. The molecule has 0 N–H and O–H groups in total. The van der Waals surface area contributed by atoms with Crippen LogP contribution in [0, 0.1) is 0 Å². The molecule has 0 saturated heterocycles. The molecule has 2 heteroatoms. The van der Waals surface area contributed by atoms with Crippen molar-refractivity contribution in [3.05, 3.63) is 11.6 Å². The first-order valence-electron chi connectivity index (χ1n) is 2.56. The number of alkyl halides is 2. The van der Waals surface area contributed by atoms with E-state index in [0.717, 1.165) is 0 Å². The molecule has 0 bridgehead atoms. The molecule has 0 aliphatic heterocycles. The van der Waals surface area contributed by atoms with Gasteiger partial charge in [-0.3, -0.25) is 0 Å². The third-order valence-electron chi connectivity index (χ3n) is 1.41. The molecule has 0 aromatic carbocycles. The quantitative estimate of drug-likeness (QED) is 0.368. The van der Waals surface area contributed by atoms with Gasteiger partial charge in [-0.25, -0.2) is 0 Å². The van der Waals surface area contributed by atoms with Crippen LogP contribution in [0.3, 0.4) is 0 Å². The zero-order chi connectivity index (χ0) is 6.36. The van der Waals surface area contributed by atoms with Gasteiger partial charge in [0, 0.05) is 0 Å². The molecular formula is C6H8Cl2. The van der Waals surface area contributed by atoms with Crippen molar-refractivity contribution in [2.75, 3.05) is 0 Å². The second kappa shape index (κ2) is 1.65. The van der Waals surface area contributed by atoms with Gasteiger partial charge in [-0.1, -0.05) is 11.6 Å². The maximum Gasteiger partial charge on any atom is 0.0801 e. The lowest BCUT2D eigenvalue weighted by molar-refractivity contribution is 0.690. The zero-order valence-electron chi connectivity index (χ0n) is 4.91. The first-order valence-corrected chi connectivity index (χ1v) is 3.38. The molecule has 0 aromatic heterocycles. The van der Waals surface area contributed by atoms with Crippen LogP contribution in [-0.4, -0.2) is 10.3 Å². The van der Waals surface area contributed by atoms with E-state index in [1.807, 2.05) is 19.9 Å². The summed E-state index contributed by atoms with van der Waals surface area (Å²) in [5, 5.41) is 0.0455. The van der Waals surface area contributed by atoms with Crippen LogP contribution in [0.2, 0.25) is 0 Å². The van der Waals surface area contributed by atoms with Crippen LogP contribution < -0.4 is 0 Å². The maximum atomic E-state index is 5.84. The predicted octanol–water partition coefficient (Wildman–Crippen LogP) is 2.55. The van der Waals surface area contributed by atoms with Crippen molar-refractivity contribution >= 4 is 23.2 Å². The highest BCUT2D eigenvalue weighted by atomic mass is 35.5. The number of halogens is 2. The standard InChI is InChI=1S/C6H8Cl2/c1-4-3-6(2,8)5(4)7/h3,5H,1-2H3. The average molecular weight is 151 g/mol. The molecule has 0 spiro atoms. The Hall–Kier alpha value is 0.320. The molecule has 0 aromatic rings. The average Bonchev–Trinajstić information content (AvgIpc) is 1.65. The summed E-state index contributed by atoms with van der Waals surface area (Å²) in [6.07, 6.45) is 1.98. The molecule has 2 unspecified atom stereocenters. The smallest absolute Gasteiger partial charge is 0.0801 e. The molecule has 1 aliphatic carbocycles. The molecule has 0 nitrogen and oxygen atoms in total. The second-order valence-corrected chi connectivity index (χ2v) is 3.65. The van der Waals surface area contributed by atoms with Crippen molar-refractivity contribution < 1.29 is 0 Å². The Morgan fingerprint density at radius 1 is 1.75 bits per heavy atom. The highest BCUT2D eigenvalue weighted by Gasteiger charge is 2.37. The number of allylic oxidation sites excluding steroid dienone is 2. The minimum absolute atomic E-state index is 0.0455. The van der Waals surface area contributed by atoms with Gasteiger partial charge >= 0.3 is 0 Å². The number of hydrogen-bond donors (Lipinski definition) is 0. The van der Waals surface area contributed by atoms with Gasteiger partial charge in [0.1, 0.15) is 0 Å². The first-order chi connectivity index (χ1) is 3.54. The Labute approximate surface area is 59.5 Å². The molecule has 1 rings (SSSR count). The highest BCUT2D eigenvalue weighted by Crippen LogP contribution is 2.40. The molecule has 46 valence electrons. The van der Waals surface area contributed by atoms with Crippen LogP contribution in [0.1, 0.15) is 13.8 Å². The SMILES string of the molecule is CC1=CC(C)(Cl)C1Cl. The van der Waals surface area contributed by atoms with Gasteiger partial charge in [-0.2, -0.15) is 0 Å². The van der Waals surface area contributed by atoms with Crippen molar-refractivity contribution in [1.29, 1.82) is 0 Å². The van der Waals surface area contributed by atoms with Crippen molar-refractivity contribution in [1.82, 2.24) is 0 Å². The second-order valence-electron chi connectivity index (χ2n) is 2.40. The van der Waals surface area contributed by atoms with Crippen molar-refractivity contribution in [2.24, 2.45) is 0 Å². The van der Waals surface area contributed by atoms with Crippen molar-refractivity contribution in [3.8, 4) is 0 Å². The predicted molar refractivity (Wildman–Crippen MR) is 37.7 cm³/mol. The van der Waals surface area contributed by atoms with Gasteiger partial charge in [0.2, 0.25) is 0 Å². The third-order valence-corrected chi connectivity index (χ3v) is 2.64. The molecule has 2 atom stereocenters. The monoisotopic (exact) mass is 150 g/mol. The van der Waals surface area contributed by atoms with E-state index >= 15 is 0 Å². The summed E-state index contributed by atoms with van der Waals surface area (Å²) in [7, 11) is 0. The van der Waals surface area contributed by atoms with Crippen LogP contribution in [0.4, 0.5) is 0 Å². The molecule has 0 radical (unpaired) electrons. The Morgan fingerprint density at radius 3 is 2.25 bits per heavy atom. The van der Waals surface area contributed by atoms with Crippen LogP contribution in [-0.2, 0) is 0 Å². The summed E-state index contributed by atoms with van der Waals surface area (Å²) in [5.41, 5.74) is 1.18. The summed E-state index contributed by atoms with van der Waals surface area (Å²) in [5.74, 6) is 0. The molecule has 1 aliphatic rings. The Kier molecular flexibility index (Phi) is 1.33. The summed E-state index contributed by atoms with van der Waals surface area (Å²) in [4.78, 5) is -0.272. The van der Waals surface area contributed by atoms with E-state index in [1.165, 1.54) is 5.57 Å². The Bertz CT molecular complexity index is 135. The van der Waals surface area contributed by atoms with E-state index in [4.69, 9.17) is 23.2 Å². The van der Waals surface area contributed by atoms with Crippen LogP contribution in [0.5, 0.6) is 0 Å². The summed E-state index contributed by atoms with van der Waals surface area (Å²) in [6, 6.07) is 0. The van der Waals surface area contributed by atoms with Crippen molar-refractivity contribution in [2.45, 2.75) is 24.1 Å². The minimum atomic E-state index is -0.272. The first kappa shape index (κ1) is 6.44. The van der Waals surface area contributed by atoms with E-state index < -0.39 is 0 Å². The van der Waals surface area contributed by atoms with Gasteiger partial charge in [0.15, 0.2) is 0 Å². The molecule has 0 fully saturated rings. The van der Waals surface area contributed by atoms with Crippen LogP contribution in [0.25, 0.3) is 0 Å². The van der Waals surface area contributed by atoms with Gasteiger partial charge in [-0.05, 0) is 13.8 Å². The van der Waals surface area contributed by atoms with E-state index in [9.17, 15) is 0 Å². The fraction of sp³-hybridized carbons (Fsp3) is 0.667. The Balaban J connectivity index is 2.74. The van der Waals surface area contributed by atoms with Gasteiger partial charge in [-0.15, -0.1) is 23.2 Å². The molecule has 0 saturated carbocycles. The largest absolute Gasteiger partial charge is 0.116 e. The maximum absolute atomic E-state index is 5.84. The third kappa shape index (κ3) is 0.762. The van der Waals surface area contributed by atoms with Crippen molar-refractivity contribution in [3.63, 3.8) is 0 Å².